The van der Waals surface area contributed by atoms with Gasteiger partial charge in [-0.1, -0.05) is 22.0 Å². The maximum absolute atomic E-state index is 14.0. The number of nitrogens with one attached hydrogen (secondary N) is 1. The Bertz CT molecular complexity index is 1200. The number of amidine groups is 1. The highest BCUT2D eigenvalue weighted by molar-refractivity contribution is 9.10. The van der Waals surface area contributed by atoms with Crippen LogP contribution in [-0.4, -0.2) is 72.7 Å². The Morgan fingerprint density at radius 3 is 2.68 bits per heavy atom. The lowest BCUT2D eigenvalue weighted by molar-refractivity contribution is -0.167. The highest BCUT2D eigenvalue weighted by atomic mass is 79.9. The van der Waals surface area contributed by atoms with Crippen molar-refractivity contribution in [1.29, 1.82) is 0 Å². The van der Waals surface area contributed by atoms with Crippen LogP contribution in [0.5, 0.6) is 0 Å². The highest BCUT2D eigenvalue weighted by Crippen LogP contribution is 2.37. The number of hydrogen-bond donors (Lipinski definition) is 1. The van der Waals surface area contributed by atoms with Gasteiger partial charge in [-0.25, -0.2) is 19.0 Å². The number of carbonyl (C=O) groups is 2. The Kier molecular flexibility index (Phi) is 9.06. The summed E-state index contributed by atoms with van der Waals surface area (Å²) in [6.07, 6.45) is 0.188. The van der Waals surface area contributed by atoms with Crippen LogP contribution in [0.25, 0.3) is 0 Å². The van der Waals surface area contributed by atoms with E-state index in [4.69, 9.17) is 19.2 Å². The molecule has 4 rings (SSSR count). The molecule has 0 saturated carbocycles. The van der Waals surface area contributed by atoms with Crippen LogP contribution in [0.3, 0.4) is 0 Å². The van der Waals surface area contributed by atoms with Gasteiger partial charge in [0.25, 0.3) is 0 Å². The zero-order valence-electron chi connectivity index (χ0n) is 20.7. The van der Waals surface area contributed by atoms with Crippen molar-refractivity contribution in [2.75, 3.05) is 32.8 Å². The van der Waals surface area contributed by atoms with Crippen LogP contribution in [0, 0.1) is 5.82 Å². The summed E-state index contributed by atoms with van der Waals surface area (Å²) >= 11 is 4.83. The van der Waals surface area contributed by atoms with Crippen LogP contribution in [0.15, 0.2) is 50.5 Å². The minimum absolute atomic E-state index is 0.225. The van der Waals surface area contributed by atoms with Crippen molar-refractivity contribution in [2.24, 2.45) is 4.99 Å². The number of aromatic nitrogens is 1. The molecular formula is C25H28BrFN4O5S. The molecule has 0 amide bonds. The van der Waals surface area contributed by atoms with E-state index in [0.717, 1.165) is 0 Å². The lowest BCUT2D eigenvalue weighted by atomic mass is 9.95. The lowest BCUT2D eigenvalue weighted by Gasteiger charge is -2.32. The second-order valence-corrected chi connectivity index (χ2v) is 10.6. The second kappa shape index (κ2) is 12.2. The number of nitrogens with zero attached hydrogens (tertiary/aromatic N) is 3. The first-order valence-electron chi connectivity index (χ1n) is 11.9. The van der Waals surface area contributed by atoms with Gasteiger partial charge < -0.3 is 19.5 Å². The largest absolute Gasteiger partial charge is 0.460 e. The Morgan fingerprint density at radius 1 is 1.27 bits per heavy atom. The molecule has 0 radical (unpaired) electrons. The van der Waals surface area contributed by atoms with Crippen LogP contribution < -0.4 is 5.32 Å². The average molecular weight is 595 g/mol. The van der Waals surface area contributed by atoms with Crippen LogP contribution in [-0.2, 0) is 23.8 Å². The summed E-state index contributed by atoms with van der Waals surface area (Å²) in [6, 6.07) is 3.37. The Hall–Kier alpha value is -2.67. The first kappa shape index (κ1) is 27.4. The van der Waals surface area contributed by atoms with Gasteiger partial charge in [0.1, 0.15) is 11.9 Å². The van der Waals surface area contributed by atoms with Gasteiger partial charge in [0.2, 0.25) is 0 Å². The summed E-state index contributed by atoms with van der Waals surface area (Å²) in [6.45, 7) is 7.80. The molecule has 37 heavy (non-hydrogen) atoms. The molecular weight excluding hydrogens is 567 g/mol. The average Bonchev–Trinajstić information content (AvgIpc) is 3.39. The number of thiazole rings is 1. The van der Waals surface area contributed by atoms with E-state index in [0.29, 0.717) is 59.4 Å². The van der Waals surface area contributed by atoms with Crippen molar-refractivity contribution in [2.45, 2.75) is 39.0 Å². The smallest absolute Gasteiger partial charge is 0.347 e. The van der Waals surface area contributed by atoms with Crippen molar-refractivity contribution in [3.63, 3.8) is 0 Å². The molecule has 2 aliphatic heterocycles. The quantitative estimate of drug-likeness (QED) is 0.462. The van der Waals surface area contributed by atoms with Crippen molar-refractivity contribution in [3.8, 4) is 0 Å². The van der Waals surface area contributed by atoms with Gasteiger partial charge >= 0.3 is 11.9 Å². The third kappa shape index (κ3) is 6.81. The molecule has 0 aliphatic carbocycles. The molecule has 1 unspecified atom stereocenters. The van der Waals surface area contributed by atoms with Crippen LogP contribution in [0.4, 0.5) is 4.39 Å². The molecule has 3 heterocycles. The predicted molar refractivity (Wildman–Crippen MR) is 140 cm³/mol. The summed E-state index contributed by atoms with van der Waals surface area (Å²) < 4.78 is 30.7. The fraction of sp³-hybridized carbons (Fsp3) is 0.440. The molecule has 1 aromatic carbocycles. The fourth-order valence-corrected chi connectivity index (χ4v) is 5.10. The standard InChI is InChI=1S/C25H28BrFN4O5S/c1-14(2)35-24(32)15(3)36-25(33)20-19(13-31-7-9-34-10-8-31)29-22(23-28-6-11-37-23)30-21(20)17-5-4-16(27)12-18(17)26/h4-6,11-12,14-15,21H,7-10,13H2,1-3H3,(H,29,30)/t15-,21?/m0/s1. The van der Waals surface area contributed by atoms with Crippen molar-refractivity contribution in [1.82, 2.24) is 15.2 Å². The molecule has 12 heteroatoms. The van der Waals surface area contributed by atoms with Gasteiger partial charge in [-0.3, -0.25) is 9.89 Å². The maximum Gasteiger partial charge on any atom is 0.347 e. The summed E-state index contributed by atoms with van der Waals surface area (Å²) in [4.78, 5) is 37.4. The van der Waals surface area contributed by atoms with E-state index in [-0.39, 0.29) is 11.7 Å². The molecule has 198 valence electrons. The SMILES string of the molecule is CC(C)OC(=O)[C@H](C)OC(=O)C1=C(CN2CCOCC2)NC(c2nccs2)=NC1c1ccc(F)cc1Br. The predicted octanol–water partition coefficient (Wildman–Crippen LogP) is 3.61. The molecule has 1 fully saturated rings. The summed E-state index contributed by atoms with van der Waals surface area (Å²) in [5.74, 6) is -1.30. The van der Waals surface area contributed by atoms with E-state index in [1.165, 1.54) is 30.4 Å². The zero-order valence-corrected chi connectivity index (χ0v) is 23.1. The first-order valence-corrected chi connectivity index (χ1v) is 13.5. The fourth-order valence-electron chi connectivity index (χ4n) is 3.94. The Balaban J connectivity index is 1.77. The van der Waals surface area contributed by atoms with Crippen molar-refractivity contribution < 1.29 is 28.2 Å². The van der Waals surface area contributed by atoms with E-state index in [1.807, 2.05) is 5.38 Å². The number of carbonyl (C=O) groups excluding carboxylic acids is 2. The second-order valence-electron chi connectivity index (χ2n) is 8.82. The van der Waals surface area contributed by atoms with Gasteiger partial charge in [-0.15, -0.1) is 11.3 Å². The minimum Gasteiger partial charge on any atom is -0.460 e. The van der Waals surface area contributed by atoms with Gasteiger partial charge in [-0.05, 0) is 38.5 Å². The normalized spacial score (nSPS) is 19.3. The topological polar surface area (TPSA) is 102 Å². The number of esters is 2. The number of aliphatic imine (C=N–C) groups is 1. The van der Waals surface area contributed by atoms with Gasteiger partial charge in [-0.2, -0.15) is 0 Å². The number of morpholine rings is 1. The first-order chi connectivity index (χ1) is 17.7. The summed E-state index contributed by atoms with van der Waals surface area (Å²) in [7, 11) is 0. The zero-order chi connectivity index (χ0) is 26.5. The monoisotopic (exact) mass is 594 g/mol. The van der Waals surface area contributed by atoms with E-state index in [2.05, 4.69) is 31.1 Å². The molecule has 1 aromatic heterocycles. The summed E-state index contributed by atoms with van der Waals surface area (Å²) in [5.41, 5.74) is 1.36. The molecule has 1 N–H and O–H groups in total. The van der Waals surface area contributed by atoms with E-state index in [1.54, 1.807) is 26.1 Å². The molecule has 0 spiro atoms. The van der Waals surface area contributed by atoms with Crippen LogP contribution in [0.1, 0.15) is 37.4 Å². The molecule has 9 nitrogen and oxygen atoms in total. The number of hydrogen-bond acceptors (Lipinski definition) is 10. The third-order valence-electron chi connectivity index (χ3n) is 5.69. The molecule has 0 bridgehead atoms. The molecule has 1 saturated heterocycles. The maximum atomic E-state index is 14.0. The van der Waals surface area contributed by atoms with Crippen LogP contribution >= 0.6 is 27.3 Å². The number of ether oxygens (including phenoxy) is 3. The van der Waals surface area contributed by atoms with Crippen LogP contribution in [0.2, 0.25) is 0 Å². The summed E-state index contributed by atoms with van der Waals surface area (Å²) in [5, 5.41) is 5.76. The van der Waals surface area contributed by atoms with Crippen molar-refractivity contribution in [3.05, 3.63) is 61.9 Å². The molecule has 2 atom stereocenters. The molecule has 2 aliphatic rings. The van der Waals surface area contributed by atoms with Crippen molar-refractivity contribution >= 4 is 45.0 Å². The highest BCUT2D eigenvalue weighted by Gasteiger charge is 2.36. The lowest BCUT2D eigenvalue weighted by Crippen LogP contribution is -2.43. The number of halogens is 2. The van der Waals surface area contributed by atoms with Gasteiger partial charge in [0.15, 0.2) is 16.9 Å². The Morgan fingerprint density at radius 2 is 2.03 bits per heavy atom. The van der Waals surface area contributed by atoms with E-state index in [9.17, 15) is 14.0 Å². The van der Waals surface area contributed by atoms with E-state index < -0.39 is 29.9 Å². The van der Waals surface area contributed by atoms with Gasteiger partial charge in [0.05, 0.1) is 24.9 Å². The Labute approximate surface area is 226 Å². The number of rotatable bonds is 8. The minimum atomic E-state index is -1.13. The third-order valence-corrected chi connectivity index (χ3v) is 7.16. The van der Waals surface area contributed by atoms with Gasteiger partial charge in [0, 0.05) is 41.4 Å². The number of benzene rings is 1. The molecule has 2 aromatic rings. The van der Waals surface area contributed by atoms with E-state index >= 15 is 0 Å².